The van der Waals surface area contributed by atoms with Gasteiger partial charge in [-0.2, -0.15) is 4.72 Å². The zero-order valence-corrected chi connectivity index (χ0v) is 16.0. The molecule has 0 aliphatic rings. The summed E-state index contributed by atoms with van der Waals surface area (Å²) in [5.41, 5.74) is 0.167. The van der Waals surface area contributed by atoms with Gasteiger partial charge in [-0.3, -0.25) is 14.6 Å². The van der Waals surface area contributed by atoms with E-state index >= 15 is 0 Å². The van der Waals surface area contributed by atoms with Gasteiger partial charge in [0.05, 0.1) is 4.90 Å². The molecule has 144 valence electrons. The van der Waals surface area contributed by atoms with Crippen LogP contribution in [-0.2, 0) is 19.6 Å². The van der Waals surface area contributed by atoms with E-state index in [-0.39, 0.29) is 10.8 Å². The number of ether oxygens (including phenoxy) is 1. The second-order valence-corrected chi connectivity index (χ2v) is 8.39. The van der Waals surface area contributed by atoms with Crippen molar-refractivity contribution in [3.63, 3.8) is 0 Å². The highest BCUT2D eigenvalue weighted by atomic mass is 32.2. The number of anilines is 1. The second kappa shape index (κ2) is 8.28. The van der Waals surface area contributed by atoms with Gasteiger partial charge >= 0.3 is 5.97 Å². The van der Waals surface area contributed by atoms with Crippen LogP contribution in [0.4, 0.5) is 5.69 Å². The predicted octanol–water partition coefficient (Wildman–Crippen LogP) is 1.95. The number of hydrogen-bond acceptors (Lipinski definition) is 6. The molecule has 0 aliphatic carbocycles. The van der Waals surface area contributed by atoms with Crippen LogP contribution in [-0.4, -0.2) is 37.4 Å². The van der Waals surface area contributed by atoms with Crippen molar-refractivity contribution in [1.29, 1.82) is 0 Å². The number of hydrogen-bond donors (Lipinski definition) is 2. The molecular formula is C18H21N3O5S. The second-order valence-electron chi connectivity index (χ2n) is 6.63. The summed E-state index contributed by atoms with van der Waals surface area (Å²) in [5.74, 6) is -1.01. The van der Waals surface area contributed by atoms with E-state index in [0.29, 0.717) is 11.3 Å². The molecule has 0 bridgehead atoms. The average molecular weight is 391 g/mol. The number of sulfonamides is 1. The molecule has 0 unspecified atom stereocenters. The van der Waals surface area contributed by atoms with Crippen LogP contribution < -0.4 is 10.0 Å². The van der Waals surface area contributed by atoms with Crippen molar-refractivity contribution in [1.82, 2.24) is 9.71 Å². The summed E-state index contributed by atoms with van der Waals surface area (Å²) in [6.07, 6.45) is 3.00. The molecule has 0 spiro atoms. The lowest BCUT2D eigenvalue weighted by Gasteiger charge is -2.19. The summed E-state index contributed by atoms with van der Waals surface area (Å²) in [6, 6.07) is 8.71. The highest BCUT2D eigenvalue weighted by Crippen LogP contribution is 2.15. The largest absolute Gasteiger partial charge is 0.459 e. The SMILES string of the molecule is CC(C)(C)OC(=O)CNS(=O)(=O)c1ccc(NC(=O)c2ccncc2)cc1. The molecule has 0 fully saturated rings. The summed E-state index contributed by atoms with van der Waals surface area (Å²) in [6.45, 7) is 4.61. The first kappa shape index (κ1) is 20.5. The highest BCUT2D eigenvalue weighted by molar-refractivity contribution is 7.89. The third-order valence-corrected chi connectivity index (χ3v) is 4.61. The third-order valence-electron chi connectivity index (χ3n) is 3.19. The fraction of sp³-hybridized carbons (Fsp3) is 0.278. The molecule has 0 saturated carbocycles. The molecule has 1 amide bonds. The van der Waals surface area contributed by atoms with Gasteiger partial charge in [-0.15, -0.1) is 0 Å². The van der Waals surface area contributed by atoms with Crippen LogP contribution in [0.15, 0.2) is 53.7 Å². The summed E-state index contributed by atoms with van der Waals surface area (Å²) in [5, 5.41) is 2.66. The van der Waals surface area contributed by atoms with Crippen LogP contribution in [0.2, 0.25) is 0 Å². The number of amides is 1. The van der Waals surface area contributed by atoms with Crippen molar-refractivity contribution in [2.75, 3.05) is 11.9 Å². The summed E-state index contributed by atoms with van der Waals surface area (Å²) in [4.78, 5) is 27.5. The summed E-state index contributed by atoms with van der Waals surface area (Å²) >= 11 is 0. The highest BCUT2D eigenvalue weighted by Gasteiger charge is 2.20. The Balaban J connectivity index is 1.99. The Morgan fingerprint density at radius 2 is 1.63 bits per heavy atom. The molecule has 0 atom stereocenters. The lowest BCUT2D eigenvalue weighted by Crippen LogP contribution is -2.34. The fourth-order valence-corrected chi connectivity index (χ4v) is 3.01. The molecule has 1 aromatic carbocycles. The Morgan fingerprint density at radius 1 is 1.04 bits per heavy atom. The van der Waals surface area contributed by atoms with Crippen molar-refractivity contribution < 1.29 is 22.7 Å². The van der Waals surface area contributed by atoms with Crippen LogP contribution >= 0.6 is 0 Å². The monoisotopic (exact) mass is 391 g/mol. The van der Waals surface area contributed by atoms with Gasteiger partial charge in [0.25, 0.3) is 5.91 Å². The van der Waals surface area contributed by atoms with Gasteiger partial charge in [0, 0.05) is 23.6 Å². The maximum atomic E-state index is 12.2. The van der Waals surface area contributed by atoms with E-state index in [9.17, 15) is 18.0 Å². The van der Waals surface area contributed by atoms with Gasteiger partial charge in [0.15, 0.2) is 0 Å². The molecule has 2 aromatic rings. The zero-order valence-electron chi connectivity index (χ0n) is 15.2. The van der Waals surface area contributed by atoms with Gasteiger partial charge in [-0.1, -0.05) is 0 Å². The molecule has 9 heteroatoms. The minimum Gasteiger partial charge on any atom is -0.459 e. The minimum atomic E-state index is -3.88. The molecule has 27 heavy (non-hydrogen) atoms. The van der Waals surface area contributed by atoms with E-state index in [1.807, 2.05) is 0 Å². The van der Waals surface area contributed by atoms with Crippen LogP contribution in [0.25, 0.3) is 0 Å². The molecule has 0 saturated heterocycles. The number of benzene rings is 1. The normalized spacial score (nSPS) is 11.7. The number of esters is 1. The van der Waals surface area contributed by atoms with E-state index < -0.39 is 28.1 Å². The Bertz CT molecular complexity index is 904. The fourth-order valence-electron chi connectivity index (χ4n) is 2.04. The van der Waals surface area contributed by atoms with Crippen LogP contribution in [0.1, 0.15) is 31.1 Å². The number of rotatable bonds is 6. The molecule has 2 N–H and O–H groups in total. The molecule has 8 nitrogen and oxygen atoms in total. The smallest absolute Gasteiger partial charge is 0.321 e. The van der Waals surface area contributed by atoms with E-state index in [0.717, 1.165) is 0 Å². The van der Waals surface area contributed by atoms with Crippen LogP contribution in [0.5, 0.6) is 0 Å². The zero-order chi connectivity index (χ0) is 20.1. The quantitative estimate of drug-likeness (QED) is 0.728. The number of pyridine rings is 1. The van der Waals surface area contributed by atoms with Gasteiger partial charge in [0.1, 0.15) is 12.1 Å². The molecule has 1 aromatic heterocycles. The topological polar surface area (TPSA) is 114 Å². The van der Waals surface area contributed by atoms with Crippen molar-refractivity contribution in [2.45, 2.75) is 31.3 Å². The molecule has 2 rings (SSSR count). The number of nitrogens with zero attached hydrogens (tertiary/aromatic N) is 1. The van der Waals surface area contributed by atoms with Gasteiger partial charge in [-0.25, -0.2) is 8.42 Å². The van der Waals surface area contributed by atoms with Crippen molar-refractivity contribution in [3.05, 3.63) is 54.4 Å². The van der Waals surface area contributed by atoms with Crippen LogP contribution in [0.3, 0.4) is 0 Å². The summed E-state index contributed by atoms with van der Waals surface area (Å²) < 4.78 is 31.7. The van der Waals surface area contributed by atoms with Crippen molar-refractivity contribution >= 4 is 27.6 Å². The molecule has 1 heterocycles. The maximum Gasteiger partial charge on any atom is 0.321 e. The predicted molar refractivity (Wildman–Crippen MR) is 99.7 cm³/mol. The first-order chi connectivity index (χ1) is 12.6. The first-order valence-electron chi connectivity index (χ1n) is 8.10. The van der Waals surface area contributed by atoms with Gasteiger partial charge in [0.2, 0.25) is 10.0 Å². The van der Waals surface area contributed by atoms with Crippen LogP contribution in [0, 0.1) is 0 Å². The first-order valence-corrected chi connectivity index (χ1v) is 9.58. The Morgan fingerprint density at radius 3 is 2.19 bits per heavy atom. The molecule has 0 aliphatic heterocycles. The standard InChI is InChI=1S/C18H21N3O5S/c1-18(2,3)26-16(22)12-20-27(24,25)15-6-4-14(5-7-15)21-17(23)13-8-10-19-11-9-13/h4-11,20H,12H2,1-3H3,(H,21,23). The number of nitrogens with one attached hydrogen (secondary N) is 2. The number of carbonyl (C=O) groups excluding carboxylic acids is 2. The Kier molecular flexibility index (Phi) is 6.29. The van der Waals surface area contributed by atoms with Crippen molar-refractivity contribution in [2.24, 2.45) is 0 Å². The van der Waals surface area contributed by atoms with E-state index in [4.69, 9.17) is 4.74 Å². The van der Waals surface area contributed by atoms with E-state index in [2.05, 4.69) is 15.0 Å². The summed E-state index contributed by atoms with van der Waals surface area (Å²) in [7, 11) is -3.88. The number of aromatic nitrogens is 1. The van der Waals surface area contributed by atoms with Crippen molar-refractivity contribution in [3.8, 4) is 0 Å². The van der Waals surface area contributed by atoms with E-state index in [1.165, 1.54) is 36.7 Å². The third kappa shape index (κ3) is 6.46. The average Bonchev–Trinajstić information content (AvgIpc) is 2.60. The lowest BCUT2D eigenvalue weighted by molar-refractivity contribution is -0.153. The van der Waals surface area contributed by atoms with E-state index in [1.54, 1.807) is 32.9 Å². The maximum absolute atomic E-state index is 12.2. The number of carbonyl (C=O) groups is 2. The lowest BCUT2D eigenvalue weighted by atomic mass is 10.2. The van der Waals surface area contributed by atoms with Gasteiger partial charge in [-0.05, 0) is 57.2 Å². The Hall–Kier alpha value is -2.78. The molecular weight excluding hydrogens is 370 g/mol. The molecule has 0 radical (unpaired) electrons. The Labute approximate surface area is 158 Å². The minimum absolute atomic E-state index is 0.0343. The van der Waals surface area contributed by atoms with Gasteiger partial charge < -0.3 is 10.1 Å².